The zero-order valence-corrected chi connectivity index (χ0v) is 14.5. The third-order valence-corrected chi connectivity index (χ3v) is 6.25. The Balaban J connectivity index is 2.49. The Morgan fingerprint density at radius 1 is 1.29 bits per heavy atom. The largest absolute Gasteiger partial charge is 0.402 e. The Morgan fingerprint density at radius 2 is 1.86 bits per heavy atom. The van der Waals surface area contributed by atoms with E-state index in [4.69, 9.17) is 5.73 Å². The van der Waals surface area contributed by atoms with Crippen molar-refractivity contribution in [2.45, 2.75) is 30.0 Å². The Hall–Kier alpha value is -0.320. The quantitative estimate of drug-likeness (QED) is 0.712. The lowest BCUT2D eigenvalue weighted by Crippen LogP contribution is -2.40. The summed E-state index contributed by atoms with van der Waals surface area (Å²) < 4.78 is 64.2. The number of nitrogen functional groups attached to an aromatic ring is 1. The fourth-order valence-corrected chi connectivity index (χ4v) is 5.61. The third kappa shape index (κ3) is 3.91. The van der Waals surface area contributed by atoms with Gasteiger partial charge < -0.3 is 5.73 Å². The monoisotopic (exact) mass is 450 g/mol. The average molecular weight is 452 g/mol. The Kier molecular flexibility index (Phi) is 4.63. The lowest BCUT2D eigenvalue weighted by Gasteiger charge is -2.24. The summed E-state index contributed by atoms with van der Waals surface area (Å²) in [5.74, 6) is 0. The van der Waals surface area contributed by atoms with Crippen molar-refractivity contribution in [3.63, 3.8) is 0 Å². The smallest absolute Gasteiger partial charge is 0.398 e. The summed E-state index contributed by atoms with van der Waals surface area (Å²) in [6.45, 7) is -1.51. The van der Waals surface area contributed by atoms with E-state index in [-0.39, 0.29) is 15.1 Å². The normalized spacial score (nSPS) is 16.5. The highest BCUT2D eigenvalue weighted by molar-refractivity contribution is 9.11. The summed E-state index contributed by atoms with van der Waals surface area (Å²) >= 11 is 6.20. The maximum atomic E-state index is 12.6. The first-order valence-electron chi connectivity index (χ1n) is 5.85. The van der Waals surface area contributed by atoms with Gasteiger partial charge in [0.25, 0.3) is 0 Å². The molecule has 0 amide bonds. The van der Waals surface area contributed by atoms with Gasteiger partial charge in [0.1, 0.15) is 11.4 Å². The maximum absolute atomic E-state index is 12.6. The number of nitrogens with two attached hydrogens (primary N) is 1. The molecule has 1 aromatic carbocycles. The van der Waals surface area contributed by atoms with Crippen LogP contribution in [0.1, 0.15) is 12.8 Å². The van der Waals surface area contributed by atoms with Gasteiger partial charge >= 0.3 is 6.18 Å². The molecular weight excluding hydrogens is 441 g/mol. The number of anilines is 1. The SMILES string of the molecule is Nc1cc(Br)cc(Br)c1S(=O)(=O)N(CC(F)(F)F)C1CC1. The van der Waals surface area contributed by atoms with E-state index in [0.717, 1.165) is 0 Å². The molecule has 21 heavy (non-hydrogen) atoms. The topological polar surface area (TPSA) is 63.4 Å². The van der Waals surface area contributed by atoms with E-state index in [2.05, 4.69) is 31.9 Å². The molecule has 1 fully saturated rings. The zero-order valence-electron chi connectivity index (χ0n) is 10.5. The Morgan fingerprint density at radius 3 is 2.29 bits per heavy atom. The highest BCUT2D eigenvalue weighted by Gasteiger charge is 2.45. The van der Waals surface area contributed by atoms with Gasteiger partial charge in [-0.05, 0) is 40.9 Å². The van der Waals surface area contributed by atoms with Crippen LogP contribution in [0.15, 0.2) is 26.0 Å². The number of hydrogen-bond donors (Lipinski definition) is 1. The minimum Gasteiger partial charge on any atom is -0.398 e. The number of alkyl halides is 3. The van der Waals surface area contributed by atoms with Crippen molar-refractivity contribution in [1.29, 1.82) is 0 Å². The summed E-state index contributed by atoms with van der Waals surface area (Å²) in [5, 5.41) is 0. The molecule has 1 aliphatic rings. The van der Waals surface area contributed by atoms with Crippen molar-refractivity contribution in [2.75, 3.05) is 12.3 Å². The third-order valence-electron chi connectivity index (χ3n) is 2.89. The van der Waals surface area contributed by atoms with Crippen LogP contribution >= 0.6 is 31.9 Å². The predicted molar refractivity (Wildman–Crippen MR) is 79.2 cm³/mol. The second-order valence-electron chi connectivity index (χ2n) is 4.70. The molecule has 2 N–H and O–H groups in total. The molecule has 0 unspecified atom stereocenters. The summed E-state index contributed by atoms with van der Waals surface area (Å²) in [4.78, 5) is -0.332. The fraction of sp³-hybridized carbons (Fsp3) is 0.455. The van der Waals surface area contributed by atoms with Gasteiger partial charge in [-0.3, -0.25) is 0 Å². The van der Waals surface area contributed by atoms with Gasteiger partial charge in [0.05, 0.1) is 5.69 Å². The highest BCUT2D eigenvalue weighted by Crippen LogP contribution is 2.39. The van der Waals surface area contributed by atoms with Gasteiger partial charge in [0.2, 0.25) is 10.0 Å². The molecule has 0 bridgehead atoms. The maximum Gasteiger partial charge on any atom is 0.402 e. The van der Waals surface area contributed by atoms with Gasteiger partial charge in [-0.25, -0.2) is 8.42 Å². The van der Waals surface area contributed by atoms with Crippen LogP contribution in [0.25, 0.3) is 0 Å². The van der Waals surface area contributed by atoms with Crippen LogP contribution in [0.5, 0.6) is 0 Å². The molecule has 1 saturated carbocycles. The minimum absolute atomic E-state index is 0.107. The molecule has 0 saturated heterocycles. The van der Waals surface area contributed by atoms with E-state index >= 15 is 0 Å². The van der Waals surface area contributed by atoms with Gasteiger partial charge in [0.15, 0.2) is 0 Å². The van der Waals surface area contributed by atoms with Crippen LogP contribution in [-0.4, -0.2) is 31.5 Å². The molecule has 0 atom stereocenters. The number of benzene rings is 1. The van der Waals surface area contributed by atoms with Crippen molar-refractivity contribution in [2.24, 2.45) is 0 Å². The van der Waals surface area contributed by atoms with E-state index in [1.165, 1.54) is 12.1 Å². The first-order valence-corrected chi connectivity index (χ1v) is 8.88. The first kappa shape index (κ1) is 17.0. The van der Waals surface area contributed by atoms with Gasteiger partial charge in [-0.15, -0.1) is 0 Å². The predicted octanol–water partition coefficient (Wildman–Crippen LogP) is 3.51. The Bertz CT molecular complexity index is 637. The average Bonchev–Trinajstić information content (AvgIpc) is 3.05. The number of rotatable bonds is 4. The van der Waals surface area contributed by atoms with Crippen molar-refractivity contribution < 1.29 is 21.6 Å². The van der Waals surface area contributed by atoms with Crippen LogP contribution in [-0.2, 0) is 10.0 Å². The summed E-state index contributed by atoms with van der Waals surface area (Å²) in [5.41, 5.74) is 5.58. The molecule has 0 spiro atoms. The van der Waals surface area contributed by atoms with E-state index in [1.54, 1.807) is 0 Å². The molecule has 1 aliphatic carbocycles. The molecular formula is C11H11Br2F3N2O2S. The minimum atomic E-state index is -4.60. The number of nitrogens with zero attached hydrogens (tertiary/aromatic N) is 1. The van der Waals surface area contributed by atoms with Crippen molar-refractivity contribution in [3.05, 3.63) is 21.1 Å². The Labute approximate surface area is 136 Å². The molecule has 2 rings (SSSR count). The van der Waals surface area contributed by atoms with Crippen molar-refractivity contribution in [1.82, 2.24) is 4.31 Å². The summed E-state index contributed by atoms with van der Waals surface area (Å²) in [6.07, 6.45) is -3.76. The summed E-state index contributed by atoms with van der Waals surface area (Å²) in [7, 11) is -4.33. The van der Waals surface area contributed by atoms with Gasteiger partial charge in [-0.2, -0.15) is 17.5 Å². The highest BCUT2D eigenvalue weighted by atomic mass is 79.9. The number of sulfonamides is 1. The molecule has 0 heterocycles. The van der Waals surface area contributed by atoms with E-state index in [1.807, 2.05) is 0 Å². The molecule has 0 aromatic heterocycles. The van der Waals surface area contributed by atoms with Crippen molar-refractivity contribution in [3.8, 4) is 0 Å². The summed E-state index contributed by atoms with van der Waals surface area (Å²) in [6, 6.07) is 2.16. The van der Waals surface area contributed by atoms with Gasteiger partial charge in [0, 0.05) is 15.0 Å². The molecule has 10 heteroatoms. The van der Waals surface area contributed by atoms with Crippen LogP contribution < -0.4 is 5.73 Å². The number of hydrogen-bond acceptors (Lipinski definition) is 3. The number of halogens is 5. The zero-order chi connectivity index (χ0) is 16.0. The molecule has 1 aromatic rings. The lowest BCUT2D eigenvalue weighted by molar-refractivity contribution is -0.137. The molecule has 0 radical (unpaired) electrons. The second kappa shape index (κ2) is 5.71. The standard InChI is InChI=1S/C11H11Br2F3N2O2S/c12-6-3-8(13)10(9(17)4-6)21(19,20)18(7-1-2-7)5-11(14,15)16/h3-4,7H,1-2,5,17H2. The van der Waals surface area contributed by atoms with Crippen LogP contribution in [0.2, 0.25) is 0 Å². The fourth-order valence-electron chi connectivity index (χ4n) is 1.92. The van der Waals surface area contributed by atoms with E-state index in [0.29, 0.717) is 21.6 Å². The van der Waals surface area contributed by atoms with Gasteiger partial charge in [-0.1, -0.05) is 15.9 Å². The van der Waals surface area contributed by atoms with E-state index in [9.17, 15) is 21.6 Å². The molecule has 0 aliphatic heterocycles. The lowest BCUT2D eigenvalue weighted by atomic mass is 10.3. The second-order valence-corrected chi connectivity index (χ2v) is 8.30. The van der Waals surface area contributed by atoms with E-state index < -0.39 is 28.8 Å². The first-order chi connectivity index (χ1) is 9.52. The molecule has 118 valence electrons. The van der Waals surface area contributed by atoms with Crippen LogP contribution in [0, 0.1) is 0 Å². The van der Waals surface area contributed by atoms with Crippen molar-refractivity contribution >= 4 is 47.6 Å². The van der Waals surface area contributed by atoms with Crippen LogP contribution in [0.3, 0.4) is 0 Å². The van der Waals surface area contributed by atoms with Crippen LogP contribution in [0.4, 0.5) is 18.9 Å². The molecule has 4 nitrogen and oxygen atoms in total.